The first-order valence-electron chi connectivity index (χ1n) is 6.74. The second kappa shape index (κ2) is 4.67. The second-order valence-electron chi connectivity index (χ2n) is 5.25. The Morgan fingerprint density at radius 1 is 1.00 bits per heavy atom. The number of para-hydroxylation sites is 1. The van der Waals surface area contributed by atoms with E-state index < -0.39 is 0 Å². The van der Waals surface area contributed by atoms with E-state index in [9.17, 15) is 4.39 Å². The second-order valence-corrected chi connectivity index (χ2v) is 5.25. The summed E-state index contributed by atoms with van der Waals surface area (Å²) in [6.07, 6.45) is 0. The van der Waals surface area contributed by atoms with Gasteiger partial charge in [-0.05, 0) is 37.6 Å². The van der Waals surface area contributed by atoms with Crippen LogP contribution in [0, 0.1) is 5.82 Å². The largest absolute Gasteiger partial charge is 0.385 e. The van der Waals surface area contributed by atoms with Crippen molar-refractivity contribution >= 4 is 16.7 Å². The number of nitrogens with two attached hydrogens (primary N) is 1. The van der Waals surface area contributed by atoms with Gasteiger partial charge >= 0.3 is 0 Å². The van der Waals surface area contributed by atoms with E-state index in [-0.39, 0.29) is 11.9 Å². The maximum Gasteiger partial charge on any atom is 0.123 e. The Hall–Kier alpha value is -2.29. The number of halogens is 1. The molecule has 0 amide bonds. The first-order valence-corrected chi connectivity index (χ1v) is 6.74. The predicted octanol–water partition coefficient (Wildman–Crippen LogP) is 4.61. The van der Waals surface area contributed by atoms with Gasteiger partial charge in [0, 0.05) is 17.0 Å². The van der Waals surface area contributed by atoms with Gasteiger partial charge in [-0.25, -0.2) is 4.39 Å². The fraction of sp³-hybridized carbons (Fsp3) is 0.176. The minimum absolute atomic E-state index is 0.236. The van der Waals surface area contributed by atoms with Gasteiger partial charge in [-0.2, -0.15) is 0 Å². The minimum atomic E-state index is -0.236. The molecule has 0 aliphatic carbocycles. The summed E-state index contributed by atoms with van der Waals surface area (Å²) < 4.78 is 15.2. The molecule has 3 rings (SSSR count). The lowest BCUT2D eigenvalue weighted by atomic mass is 10.0. The Balaban J connectivity index is 2.35. The summed E-state index contributed by atoms with van der Waals surface area (Å²) in [5, 5.41) is 1.10. The molecule has 0 fully saturated rings. The van der Waals surface area contributed by atoms with Crippen LogP contribution in [0.4, 0.5) is 10.2 Å². The molecule has 1 aromatic heterocycles. The van der Waals surface area contributed by atoms with Crippen molar-refractivity contribution in [3.8, 4) is 11.1 Å². The molecule has 1 heterocycles. The molecule has 0 radical (unpaired) electrons. The molecule has 102 valence electrons. The maximum absolute atomic E-state index is 13.1. The number of benzene rings is 2. The van der Waals surface area contributed by atoms with Crippen LogP contribution in [0.1, 0.15) is 19.9 Å². The van der Waals surface area contributed by atoms with Gasteiger partial charge in [0.15, 0.2) is 0 Å². The van der Waals surface area contributed by atoms with Gasteiger partial charge in [-0.15, -0.1) is 0 Å². The van der Waals surface area contributed by atoms with Crippen molar-refractivity contribution in [1.29, 1.82) is 0 Å². The summed E-state index contributed by atoms with van der Waals surface area (Å²) in [5.41, 5.74) is 9.39. The highest BCUT2D eigenvalue weighted by molar-refractivity contribution is 6.02. The average Bonchev–Trinajstić information content (AvgIpc) is 2.72. The molecule has 2 aromatic carbocycles. The van der Waals surface area contributed by atoms with E-state index >= 15 is 0 Å². The molecule has 0 bridgehead atoms. The van der Waals surface area contributed by atoms with Gasteiger partial charge in [-0.1, -0.05) is 30.3 Å². The van der Waals surface area contributed by atoms with Crippen LogP contribution in [-0.2, 0) is 0 Å². The number of aromatic nitrogens is 1. The van der Waals surface area contributed by atoms with Crippen LogP contribution in [0.15, 0.2) is 48.5 Å². The van der Waals surface area contributed by atoms with E-state index in [1.54, 1.807) is 12.1 Å². The quantitative estimate of drug-likeness (QED) is 0.723. The fourth-order valence-electron chi connectivity index (χ4n) is 2.76. The van der Waals surface area contributed by atoms with Crippen LogP contribution in [0.3, 0.4) is 0 Å². The molecule has 0 saturated carbocycles. The van der Waals surface area contributed by atoms with Gasteiger partial charge in [0.25, 0.3) is 0 Å². The number of nitrogens with zero attached hydrogens (tertiary/aromatic N) is 1. The number of fused-ring (bicyclic) bond motifs is 1. The number of hydrogen-bond acceptors (Lipinski definition) is 1. The molecule has 2 N–H and O–H groups in total. The smallest absolute Gasteiger partial charge is 0.123 e. The van der Waals surface area contributed by atoms with Gasteiger partial charge in [-0.3, -0.25) is 0 Å². The SMILES string of the molecule is CC(C)n1c(N)c(-c2ccc(F)cc2)c2ccccc21. The van der Waals surface area contributed by atoms with Crippen molar-refractivity contribution in [3.63, 3.8) is 0 Å². The van der Waals surface area contributed by atoms with Gasteiger partial charge in [0.1, 0.15) is 11.6 Å². The van der Waals surface area contributed by atoms with Crippen LogP contribution in [0.5, 0.6) is 0 Å². The Morgan fingerprint density at radius 2 is 1.65 bits per heavy atom. The van der Waals surface area contributed by atoms with Gasteiger partial charge < -0.3 is 10.3 Å². The zero-order valence-corrected chi connectivity index (χ0v) is 11.6. The summed E-state index contributed by atoms with van der Waals surface area (Å²) in [7, 11) is 0. The molecule has 20 heavy (non-hydrogen) atoms. The van der Waals surface area contributed by atoms with Crippen LogP contribution in [0.25, 0.3) is 22.0 Å². The fourth-order valence-corrected chi connectivity index (χ4v) is 2.76. The standard InChI is InChI=1S/C17H17FN2/c1-11(2)20-15-6-4-3-5-14(15)16(17(20)19)12-7-9-13(18)10-8-12/h3-11H,19H2,1-2H3. The third-order valence-electron chi connectivity index (χ3n) is 3.60. The lowest BCUT2D eigenvalue weighted by Crippen LogP contribution is -2.05. The lowest BCUT2D eigenvalue weighted by molar-refractivity contribution is 0.627. The molecule has 3 heteroatoms. The van der Waals surface area contributed by atoms with Crippen LogP contribution in [-0.4, -0.2) is 4.57 Å². The van der Waals surface area contributed by atoms with E-state index in [1.807, 2.05) is 12.1 Å². The predicted molar refractivity (Wildman–Crippen MR) is 82.1 cm³/mol. The van der Waals surface area contributed by atoms with Gasteiger partial charge in [0.05, 0.1) is 5.52 Å². The first-order chi connectivity index (χ1) is 9.59. The maximum atomic E-state index is 13.1. The Morgan fingerprint density at radius 3 is 2.30 bits per heavy atom. The molecular formula is C17H17FN2. The lowest BCUT2D eigenvalue weighted by Gasteiger charge is -2.12. The molecule has 0 atom stereocenters. The van der Waals surface area contributed by atoms with E-state index in [0.717, 1.165) is 27.8 Å². The van der Waals surface area contributed by atoms with Crippen LogP contribution >= 0.6 is 0 Å². The molecule has 0 spiro atoms. The summed E-state index contributed by atoms with van der Waals surface area (Å²) in [5.74, 6) is 0.493. The molecule has 0 aliphatic heterocycles. The molecule has 3 aromatic rings. The normalized spacial score (nSPS) is 11.4. The molecule has 0 saturated heterocycles. The highest BCUT2D eigenvalue weighted by Crippen LogP contribution is 2.38. The monoisotopic (exact) mass is 268 g/mol. The average molecular weight is 268 g/mol. The highest BCUT2D eigenvalue weighted by Gasteiger charge is 2.17. The molecule has 0 unspecified atom stereocenters. The highest BCUT2D eigenvalue weighted by atomic mass is 19.1. The van der Waals surface area contributed by atoms with E-state index in [0.29, 0.717) is 0 Å². The number of anilines is 1. The van der Waals surface area contributed by atoms with E-state index in [4.69, 9.17) is 5.73 Å². The van der Waals surface area contributed by atoms with Crippen molar-refractivity contribution in [1.82, 2.24) is 4.57 Å². The number of rotatable bonds is 2. The molecule has 0 aliphatic rings. The van der Waals surface area contributed by atoms with Crippen LogP contribution in [0.2, 0.25) is 0 Å². The van der Waals surface area contributed by atoms with Crippen molar-refractivity contribution in [2.24, 2.45) is 0 Å². The number of hydrogen-bond donors (Lipinski definition) is 1. The third-order valence-corrected chi connectivity index (χ3v) is 3.60. The third kappa shape index (κ3) is 1.86. The first kappa shape index (κ1) is 12.7. The Kier molecular flexibility index (Phi) is 2.97. The summed E-state index contributed by atoms with van der Waals surface area (Å²) >= 11 is 0. The topological polar surface area (TPSA) is 30.9 Å². The summed E-state index contributed by atoms with van der Waals surface area (Å²) in [6.45, 7) is 4.22. The van der Waals surface area contributed by atoms with E-state index in [1.165, 1.54) is 12.1 Å². The minimum Gasteiger partial charge on any atom is -0.385 e. The molecular weight excluding hydrogens is 251 g/mol. The summed E-state index contributed by atoms with van der Waals surface area (Å²) in [4.78, 5) is 0. The Bertz CT molecular complexity index is 755. The van der Waals surface area contributed by atoms with Crippen molar-refractivity contribution in [2.45, 2.75) is 19.9 Å². The molecule has 2 nitrogen and oxygen atoms in total. The van der Waals surface area contributed by atoms with Crippen LogP contribution < -0.4 is 5.73 Å². The number of nitrogen functional groups attached to an aromatic ring is 1. The van der Waals surface area contributed by atoms with Crippen molar-refractivity contribution in [3.05, 3.63) is 54.3 Å². The zero-order valence-electron chi connectivity index (χ0n) is 11.6. The van der Waals surface area contributed by atoms with Gasteiger partial charge in [0.2, 0.25) is 0 Å². The zero-order chi connectivity index (χ0) is 14.3. The van der Waals surface area contributed by atoms with Crippen molar-refractivity contribution < 1.29 is 4.39 Å². The van der Waals surface area contributed by atoms with E-state index in [2.05, 4.69) is 30.5 Å². The van der Waals surface area contributed by atoms with Crippen molar-refractivity contribution in [2.75, 3.05) is 5.73 Å². The Labute approximate surface area is 117 Å². The summed E-state index contributed by atoms with van der Waals surface area (Å²) in [6, 6.07) is 14.9.